The summed E-state index contributed by atoms with van der Waals surface area (Å²) in [6.45, 7) is 3.95. The third-order valence-corrected chi connectivity index (χ3v) is 6.71. The van der Waals surface area contributed by atoms with Gasteiger partial charge in [0.25, 0.3) is 5.56 Å². The fraction of sp³-hybridized carbons (Fsp3) is 0.115. The summed E-state index contributed by atoms with van der Waals surface area (Å²) in [6, 6.07) is 19.0. The molecule has 0 unspecified atom stereocenters. The minimum Gasteiger partial charge on any atom is -0.349 e. The van der Waals surface area contributed by atoms with Gasteiger partial charge < -0.3 is 10.3 Å². The Bertz CT molecular complexity index is 1610. The van der Waals surface area contributed by atoms with Crippen molar-refractivity contribution in [1.29, 1.82) is 0 Å². The number of fused-ring (bicyclic) bond motifs is 3. The summed E-state index contributed by atoms with van der Waals surface area (Å²) in [5.74, 6) is -0.624. The summed E-state index contributed by atoms with van der Waals surface area (Å²) >= 11 is 1.18. The summed E-state index contributed by atoms with van der Waals surface area (Å²) in [5.41, 5.74) is 4.82. The van der Waals surface area contributed by atoms with E-state index in [4.69, 9.17) is 4.98 Å². The smallest absolute Gasteiger partial charge is 0.283 e. The summed E-state index contributed by atoms with van der Waals surface area (Å²) in [4.78, 5) is 34.3. The van der Waals surface area contributed by atoms with Crippen LogP contribution in [0.2, 0.25) is 0 Å². The molecule has 5 aromatic rings. The Balaban J connectivity index is 1.59. The second-order valence-electron chi connectivity index (χ2n) is 7.99. The van der Waals surface area contributed by atoms with E-state index >= 15 is 0 Å². The van der Waals surface area contributed by atoms with Crippen molar-refractivity contribution in [2.75, 3.05) is 11.1 Å². The highest BCUT2D eigenvalue weighted by Gasteiger charge is 2.19. The van der Waals surface area contributed by atoms with Gasteiger partial charge in [0.2, 0.25) is 5.91 Å². The molecule has 8 heteroatoms. The minimum atomic E-state index is -0.374. The Morgan fingerprint density at radius 2 is 1.82 bits per heavy atom. The van der Waals surface area contributed by atoms with Crippen LogP contribution in [0.5, 0.6) is 0 Å². The number of amides is 1. The predicted molar refractivity (Wildman–Crippen MR) is 134 cm³/mol. The van der Waals surface area contributed by atoms with Gasteiger partial charge in [0.1, 0.15) is 16.9 Å². The standard InChI is InChI=1S/C26H21FN4O2S/c1-15-6-5-9-21(16(15)2)31-25(33)24-23(19-7-3-4-8-20(19)29-24)30-26(31)34-14-22(32)28-18-12-10-17(27)11-13-18/h3-13,29H,14H2,1-2H3,(H,28,32). The SMILES string of the molecule is Cc1cccc(-n2c(SCC(=O)Nc3ccc(F)cc3)nc3c([nH]c4ccccc43)c2=O)c1C. The molecule has 0 aliphatic rings. The number of benzene rings is 3. The Labute approximate surface area is 198 Å². The van der Waals surface area contributed by atoms with E-state index < -0.39 is 0 Å². The number of hydrogen-bond donors (Lipinski definition) is 2. The number of aromatic amines is 1. The third-order valence-electron chi connectivity index (χ3n) is 5.77. The number of aromatic nitrogens is 3. The molecule has 0 aliphatic carbocycles. The van der Waals surface area contributed by atoms with Crippen LogP contribution in [0.3, 0.4) is 0 Å². The number of anilines is 1. The normalized spacial score (nSPS) is 11.3. The van der Waals surface area contributed by atoms with E-state index in [1.54, 1.807) is 4.57 Å². The lowest BCUT2D eigenvalue weighted by molar-refractivity contribution is -0.113. The zero-order valence-electron chi connectivity index (χ0n) is 18.6. The van der Waals surface area contributed by atoms with Crippen LogP contribution < -0.4 is 10.9 Å². The minimum absolute atomic E-state index is 0.0303. The Hall–Kier alpha value is -3.91. The molecule has 0 bridgehead atoms. The predicted octanol–water partition coefficient (Wildman–Crippen LogP) is 5.35. The number of halogens is 1. The maximum atomic E-state index is 13.7. The number of H-pyrrole nitrogens is 1. The van der Waals surface area contributed by atoms with Crippen molar-refractivity contribution >= 4 is 45.3 Å². The monoisotopic (exact) mass is 472 g/mol. The first-order chi connectivity index (χ1) is 16.4. The number of rotatable bonds is 5. The molecule has 170 valence electrons. The molecule has 0 aliphatic heterocycles. The molecule has 0 fully saturated rings. The second kappa shape index (κ2) is 8.79. The lowest BCUT2D eigenvalue weighted by atomic mass is 10.1. The van der Waals surface area contributed by atoms with Crippen molar-refractivity contribution in [2.45, 2.75) is 19.0 Å². The lowest BCUT2D eigenvalue weighted by Gasteiger charge is -2.15. The molecular formula is C26H21FN4O2S. The summed E-state index contributed by atoms with van der Waals surface area (Å²) in [6.07, 6.45) is 0. The van der Waals surface area contributed by atoms with Gasteiger partial charge in [-0.3, -0.25) is 14.2 Å². The molecule has 6 nitrogen and oxygen atoms in total. The fourth-order valence-electron chi connectivity index (χ4n) is 3.89. The van der Waals surface area contributed by atoms with Gasteiger partial charge in [-0.05, 0) is 61.4 Å². The van der Waals surface area contributed by atoms with Gasteiger partial charge >= 0.3 is 0 Å². The van der Waals surface area contributed by atoms with Crippen LogP contribution in [0.25, 0.3) is 27.6 Å². The maximum Gasteiger partial charge on any atom is 0.283 e. The number of nitrogens with zero attached hydrogens (tertiary/aromatic N) is 2. The number of para-hydroxylation sites is 1. The number of hydrogen-bond acceptors (Lipinski definition) is 4. The average molecular weight is 473 g/mol. The first-order valence-corrected chi connectivity index (χ1v) is 11.7. The molecule has 34 heavy (non-hydrogen) atoms. The number of aryl methyl sites for hydroxylation is 1. The van der Waals surface area contributed by atoms with Crippen LogP contribution in [0.1, 0.15) is 11.1 Å². The second-order valence-corrected chi connectivity index (χ2v) is 8.93. The maximum absolute atomic E-state index is 13.7. The number of carbonyl (C=O) groups excluding carboxylic acids is 1. The van der Waals surface area contributed by atoms with Crippen molar-refractivity contribution in [2.24, 2.45) is 0 Å². The molecular weight excluding hydrogens is 451 g/mol. The van der Waals surface area contributed by atoms with Gasteiger partial charge in [0.05, 0.1) is 11.4 Å². The van der Waals surface area contributed by atoms with Crippen molar-refractivity contribution in [3.63, 3.8) is 0 Å². The number of carbonyl (C=O) groups is 1. The molecule has 2 N–H and O–H groups in total. The lowest BCUT2D eigenvalue weighted by Crippen LogP contribution is -2.23. The average Bonchev–Trinajstić information content (AvgIpc) is 3.21. The van der Waals surface area contributed by atoms with E-state index in [0.717, 1.165) is 27.7 Å². The van der Waals surface area contributed by atoms with Crippen LogP contribution in [0, 0.1) is 19.7 Å². The Morgan fingerprint density at radius 3 is 2.62 bits per heavy atom. The highest BCUT2D eigenvalue weighted by Crippen LogP contribution is 2.28. The summed E-state index contributed by atoms with van der Waals surface area (Å²) in [7, 11) is 0. The van der Waals surface area contributed by atoms with Crippen LogP contribution >= 0.6 is 11.8 Å². The first-order valence-electron chi connectivity index (χ1n) is 10.7. The van der Waals surface area contributed by atoms with E-state index in [9.17, 15) is 14.0 Å². The molecule has 5 rings (SSSR count). The van der Waals surface area contributed by atoms with E-state index in [2.05, 4.69) is 10.3 Å². The van der Waals surface area contributed by atoms with Gasteiger partial charge in [-0.2, -0.15) is 0 Å². The van der Waals surface area contributed by atoms with E-state index in [1.165, 1.54) is 36.0 Å². The largest absolute Gasteiger partial charge is 0.349 e. The van der Waals surface area contributed by atoms with Gasteiger partial charge in [-0.1, -0.05) is 42.1 Å². The van der Waals surface area contributed by atoms with Gasteiger partial charge in [-0.25, -0.2) is 9.37 Å². The molecule has 0 saturated heterocycles. The highest BCUT2D eigenvalue weighted by molar-refractivity contribution is 7.99. The van der Waals surface area contributed by atoms with Gasteiger partial charge in [-0.15, -0.1) is 0 Å². The van der Waals surface area contributed by atoms with Crippen molar-refractivity contribution in [3.8, 4) is 5.69 Å². The van der Waals surface area contributed by atoms with Crippen LogP contribution in [0.15, 0.2) is 76.7 Å². The summed E-state index contributed by atoms with van der Waals surface area (Å²) < 4.78 is 14.7. The van der Waals surface area contributed by atoms with Crippen LogP contribution in [0.4, 0.5) is 10.1 Å². The molecule has 0 spiro atoms. The topological polar surface area (TPSA) is 79.8 Å². The van der Waals surface area contributed by atoms with E-state index in [-0.39, 0.29) is 23.0 Å². The van der Waals surface area contributed by atoms with E-state index in [0.29, 0.717) is 21.9 Å². The Kier molecular flexibility index (Phi) is 5.67. The molecule has 0 atom stereocenters. The molecule has 0 radical (unpaired) electrons. The molecule has 0 saturated carbocycles. The van der Waals surface area contributed by atoms with Crippen LogP contribution in [-0.4, -0.2) is 26.2 Å². The zero-order chi connectivity index (χ0) is 23.8. The van der Waals surface area contributed by atoms with Crippen molar-refractivity contribution < 1.29 is 9.18 Å². The first kappa shape index (κ1) is 21.9. The van der Waals surface area contributed by atoms with Crippen molar-refractivity contribution in [3.05, 3.63) is 94.0 Å². The molecule has 1 amide bonds. The molecule has 2 aromatic heterocycles. The van der Waals surface area contributed by atoms with Crippen molar-refractivity contribution in [1.82, 2.24) is 14.5 Å². The number of thioether (sulfide) groups is 1. The third kappa shape index (κ3) is 3.97. The molecule has 2 heterocycles. The Morgan fingerprint density at radius 1 is 1.06 bits per heavy atom. The zero-order valence-corrected chi connectivity index (χ0v) is 19.4. The quantitative estimate of drug-likeness (QED) is 0.267. The van der Waals surface area contributed by atoms with Gasteiger partial charge in [0, 0.05) is 16.6 Å². The fourth-order valence-corrected chi connectivity index (χ4v) is 4.69. The van der Waals surface area contributed by atoms with Crippen LogP contribution in [-0.2, 0) is 4.79 Å². The number of nitrogens with one attached hydrogen (secondary N) is 2. The highest BCUT2D eigenvalue weighted by atomic mass is 32.2. The van der Waals surface area contributed by atoms with E-state index in [1.807, 2.05) is 56.3 Å². The van der Waals surface area contributed by atoms with Gasteiger partial charge in [0.15, 0.2) is 5.16 Å². The summed E-state index contributed by atoms with van der Waals surface area (Å²) in [5, 5.41) is 4.02. The molecule has 3 aromatic carbocycles.